The number of hydrogen-bond donors (Lipinski definition) is 0. The maximum absolute atomic E-state index is 5.14. The molecule has 0 spiro atoms. The Kier molecular flexibility index (Phi) is 2.58. The van der Waals surface area contributed by atoms with E-state index in [-0.39, 0.29) is 0 Å². The van der Waals surface area contributed by atoms with E-state index in [0.717, 1.165) is 26.2 Å². The lowest BCUT2D eigenvalue weighted by molar-refractivity contribution is 0.151. The Balaban J connectivity index is 2.04. The highest BCUT2D eigenvalue weighted by Crippen LogP contribution is 2.11. The summed E-state index contributed by atoms with van der Waals surface area (Å²) in [6, 6.07) is 0. The highest BCUT2D eigenvalue weighted by atomic mass is 16.5. The van der Waals surface area contributed by atoms with Gasteiger partial charge in [0.25, 0.3) is 0 Å². The van der Waals surface area contributed by atoms with Crippen molar-refractivity contribution in [1.29, 1.82) is 0 Å². The van der Waals surface area contributed by atoms with Gasteiger partial charge in [-0.2, -0.15) is 0 Å². The highest BCUT2D eigenvalue weighted by molar-refractivity contribution is 4.64. The molecule has 0 aromatic heterocycles. The SMILES string of the molecule is C=COCC1CCOC1. The van der Waals surface area contributed by atoms with Crippen molar-refractivity contribution in [2.24, 2.45) is 5.92 Å². The normalized spacial score (nSPS) is 26.0. The van der Waals surface area contributed by atoms with Gasteiger partial charge in [-0.3, -0.25) is 0 Å². The van der Waals surface area contributed by atoms with Crippen LogP contribution in [-0.2, 0) is 9.47 Å². The zero-order chi connectivity index (χ0) is 6.53. The number of rotatable bonds is 3. The van der Waals surface area contributed by atoms with Gasteiger partial charge in [-0.25, -0.2) is 0 Å². The average Bonchev–Trinajstić information content (AvgIpc) is 2.34. The van der Waals surface area contributed by atoms with Gasteiger partial charge in [0.15, 0.2) is 0 Å². The van der Waals surface area contributed by atoms with Crippen molar-refractivity contribution < 1.29 is 9.47 Å². The minimum atomic E-state index is 0.600. The molecular formula is C7H12O2. The first-order chi connectivity index (χ1) is 4.43. The summed E-state index contributed by atoms with van der Waals surface area (Å²) in [4.78, 5) is 0. The minimum Gasteiger partial charge on any atom is -0.501 e. The summed E-state index contributed by atoms with van der Waals surface area (Å²) in [6.45, 7) is 5.97. The molecule has 2 heteroatoms. The molecular weight excluding hydrogens is 116 g/mol. The van der Waals surface area contributed by atoms with Gasteiger partial charge in [0, 0.05) is 12.5 Å². The third-order valence-corrected chi connectivity index (χ3v) is 1.47. The van der Waals surface area contributed by atoms with Gasteiger partial charge in [-0.05, 0) is 6.42 Å². The van der Waals surface area contributed by atoms with E-state index in [1.807, 2.05) is 0 Å². The van der Waals surface area contributed by atoms with Crippen LogP contribution in [0.4, 0.5) is 0 Å². The summed E-state index contributed by atoms with van der Waals surface area (Å²) in [5.74, 6) is 0.600. The Morgan fingerprint density at radius 2 is 2.67 bits per heavy atom. The fourth-order valence-corrected chi connectivity index (χ4v) is 0.919. The first-order valence-electron chi connectivity index (χ1n) is 3.23. The largest absolute Gasteiger partial charge is 0.501 e. The summed E-state index contributed by atoms with van der Waals surface area (Å²) in [5, 5.41) is 0. The Hall–Kier alpha value is -0.500. The molecule has 0 aromatic rings. The maximum atomic E-state index is 5.14. The lowest BCUT2D eigenvalue weighted by Gasteiger charge is -2.04. The molecule has 0 aliphatic carbocycles. The first kappa shape index (κ1) is 6.62. The number of hydrogen-bond acceptors (Lipinski definition) is 2. The molecule has 0 saturated carbocycles. The third-order valence-electron chi connectivity index (χ3n) is 1.47. The van der Waals surface area contributed by atoms with Crippen molar-refractivity contribution in [2.45, 2.75) is 6.42 Å². The van der Waals surface area contributed by atoms with E-state index in [4.69, 9.17) is 9.47 Å². The Morgan fingerprint density at radius 1 is 1.78 bits per heavy atom. The van der Waals surface area contributed by atoms with Crippen LogP contribution in [0.25, 0.3) is 0 Å². The molecule has 1 heterocycles. The molecule has 1 aliphatic heterocycles. The predicted molar refractivity (Wildman–Crippen MR) is 35.1 cm³/mol. The van der Waals surface area contributed by atoms with E-state index >= 15 is 0 Å². The fourth-order valence-electron chi connectivity index (χ4n) is 0.919. The zero-order valence-electron chi connectivity index (χ0n) is 5.51. The first-order valence-corrected chi connectivity index (χ1v) is 3.23. The average molecular weight is 128 g/mol. The second-order valence-electron chi connectivity index (χ2n) is 2.23. The van der Waals surface area contributed by atoms with E-state index in [1.165, 1.54) is 6.26 Å². The van der Waals surface area contributed by atoms with E-state index in [0.29, 0.717) is 5.92 Å². The van der Waals surface area contributed by atoms with Gasteiger partial charge in [0.2, 0.25) is 0 Å². The Labute approximate surface area is 55.5 Å². The summed E-state index contributed by atoms with van der Waals surface area (Å²) in [5.41, 5.74) is 0. The van der Waals surface area contributed by atoms with Crippen molar-refractivity contribution in [2.75, 3.05) is 19.8 Å². The molecule has 1 fully saturated rings. The molecule has 0 N–H and O–H groups in total. The smallest absolute Gasteiger partial charge is 0.0924 e. The van der Waals surface area contributed by atoms with E-state index in [1.54, 1.807) is 0 Å². The Bertz CT molecular complexity index is 84.9. The van der Waals surface area contributed by atoms with Crippen LogP contribution in [0.2, 0.25) is 0 Å². The van der Waals surface area contributed by atoms with Crippen LogP contribution in [0, 0.1) is 5.92 Å². The second kappa shape index (κ2) is 3.51. The molecule has 1 rings (SSSR count). The van der Waals surface area contributed by atoms with Crippen molar-refractivity contribution in [1.82, 2.24) is 0 Å². The molecule has 0 bridgehead atoms. The van der Waals surface area contributed by atoms with Gasteiger partial charge in [-0.1, -0.05) is 6.58 Å². The molecule has 0 radical (unpaired) electrons. The molecule has 0 aromatic carbocycles. The Morgan fingerprint density at radius 3 is 3.22 bits per heavy atom. The molecule has 0 amide bonds. The van der Waals surface area contributed by atoms with Crippen LogP contribution >= 0.6 is 0 Å². The highest BCUT2D eigenvalue weighted by Gasteiger charge is 2.14. The van der Waals surface area contributed by atoms with Crippen LogP contribution < -0.4 is 0 Å². The van der Waals surface area contributed by atoms with E-state index < -0.39 is 0 Å². The summed E-state index contributed by atoms with van der Waals surface area (Å²) in [7, 11) is 0. The van der Waals surface area contributed by atoms with Crippen LogP contribution in [0.5, 0.6) is 0 Å². The van der Waals surface area contributed by atoms with Crippen molar-refractivity contribution in [3.8, 4) is 0 Å². The molecule has 1 unspecified atom stereocenters. The standard InChI is InChI=1S/C7H12O2/c1-2-8-5-7-3-4-9-6-7/h2,7H,1,3-6H2. The van der Waals surface area contributed by atoms with Crippen LogP contribution in [0.1, 0.15) is 6.42 Å². The lowest BCUT2D eigenvalue weighted by Crippen LogP contribution is -2.05. The van der Waals surface area contributed by atoms with Gasteiger partial charge in [0.1, 0.15) is 0 Å². The maximum Gasteiger partial charge on any atom is 0.0924 e. The molecule has 52 valence electrons. The van der Waals surface area contributed by atoms with Crippen molar-refractivity contribution in [3.05, 3.63) is 12.8 Å². The molecule has 1 saturated heterocycles. The van der Waals surface area contributed by atoms with Crippen LogP contribution in [0.15, 0.2) is 12.8 Å². The summed E-state index contributed by atoms with van der Waals surface area (Å²) < 4.78 is 10.1. The lowest BCUT2D eigenvalue weighted by atomic mass is 10.1. The van der Waals surface area contributed by atoms with Crippen LogP contribution in [0.3, 0.4) is 0 Å². The molecule has 1 atom stereocenters. The number of ether oxygens (including phenoxy) is 2. The third kappa shape index (κ3) is 2.06. The second-order valence-corrected chi connectivity index (χ2v) is 2.23. The van der Waals surface area contributed by atoms with Gasteiger partial charge < -0.3 is 9.47 Å². The van der Waals surface area contributed by atoms with Crippen molar-refractivity contribution in [3.63, 3.8) is 0 Å². The quantitative estimate of drug-likeness (QED) is 0.531. The van der Waals surface area contributed by atoms with E-state index in [2.05, 4.69) is 6.58 Å². The summed E-state index contributed by atoms with van der Waals surface area (Å²) >= 11 is 0. The van der Waals surface area contributed by atoms with Crippen LogP contribution in [-0.4, -0.2) is 19.8 Å². The molecule has 1 aliphatic rings. The van der Waals surface area contributed by atoms with E-state index in [9.17, 15) is 0 Å². The van der Waals surface area contributed by atoms with Gasteiger partial charge >= 0.3 is 0 Å². The topological polar surface area (TPSA) is 18.5 Å². The summed E-state index contributed by atoms with van der Waals surface area (Å²) in [6.07, 6.45) is 2.62. The van der Waals surface area contributed by atoms with Gasteiger partial charge in [-0.15, -0.1) is 0 Å². The minimum absolute atomic E-state index is 0.600. The molecule has 9 heavy (non-hydrogen) atoms. The van der Waals surface area contributed by atoms with Gasteiger partial charge in [0.05, 0.1) is 19.5 Å². The monoisotopic (exact) mass is 128 g/mol. The fraction of sp³-hybridized carbons (Fsp3) is 0.714. The zero-order valence-corrected chi connectivity index (χ0v) is 5.51. The molecule has 2 nitrogen and oxygen atoms in total. The van der Waals surface area contributed by atoms with Crippen molar-refractivity contribution >= 4 is 0 Å². The predicted octanol–water partition coefficient (Wildman–Crippen LogP) is 1.18.